The summed E-state index contributed by atoms with van der Waals surface area (Å²) in [4.78, 5) is 9.09. The summed E-state index contributed by atoms with van der Waals surface area (Å²) in [5, 5.41) is 0. The first-order valence-corrected chi connectivity index (χ1v) is 6.57. The number of nitrogens with zero attached hydrogens (tertiary/aromatic N) is 4. The molecule has 0 aliphatic carbocycles. The van der Waals surface area contributed by atoms with Gasteiger partial charge in [0.1, 0.15) is 5.82 Å². The molecular weight excluding hydrogens is 248 g/mol. The van der Waals surface area contributed by atoms with Crippen molar-refractivity contribution in [2.75, 3.05) is 0 Å². The van der Waals surface area contributed by atoms with Crippen molar-refractivity contribution in [2.24, 2.45) is 14.1 Å². The molecule has 0 saturated heterocycles. The van der Waals surface area contributed by atoms with E-state index in [9.17, 15) is 0 Å². The Balaban J connectivity index is 2.00. The van der Waals surface area contributed by atoms with Crippen LogP contribution < -0.4 is 0 Å². The fourth-order valence-electron chi connectivity index (χ4n) is 2.67. The lowest BCUT2D eigenvalue weighted by Crippen LogP contribution is -1.93. The maximum Gasteiger partial charge on any atom is 0.140 e. The minimum absolute atomic E-state index is 0.981. The Hall–Kier alpha value is -2.62. The van der Waals surface area contributed by atoms with Crippen molar-refractivity contribution in [1.82, 2.24) is 19.1 Å². The van der Waals surface area contributed by atoms with Gasteiger partial charge in [0.2, 0.25) is 0 Å². The van der Waals surface area contributed by atoms with Gasteiger partial charge in [0.15, 0.2) is 0 Å². The van der Waals surface area contributed by atoms with Crippen LogP contribution in [0.4, 0.5) is 0 Å². The first-order valence-electron chi connectivity index (χ1n) is 6.57. The second-order valence-corrected chi connectivity index (χ2v) is 5.04. The number of aromatic nitrogens is 4. The van der Waals surface area contributed by atoms with Gasteiger partial charge >= 0.3 is 0 Å². The fourth-order valence-corrected chi connectivity index (χ4v) is 2.67. The van der Waals surface area contributed by atoms with Crippen molar-refractivity contribution in [2.45, 2.75) is 0 Å². The van der Waals surface area contributed by atoms with Crippen LogP contribution in [0.3, 0.4) is 0 Å². The van der Waals surface area contributed by atoms with Gasteiger partial charge in [0.25, 0.3) is 0 Å². The van der Waals surface area contributed by atoms with Crippen LogP contribution in [0.2, 0.25) is 0 Å². The zero-order valence-corrected chi connectivity index (χ0v) is 11.4. The zero-order chi connectivity index (χ0) is 13.7. The summed E-state index contributed by atoms with van der Waals surface area (Å²) >= 11 is 0. The molecule has 0 spiro atoms. The third-order valence-corrected chi connectivity index (χ3v) is 3.77. The number of imidazole rings is 2. The molecule has 0 amide bonds. The Kier molecular flexibility index (Phi) is 2.21. The molecule has 0 aliphatic heterocycles. The van der Waals surface area contributed by atoms with Crippen LogP contribution in [-0.2, 0) is 14.1 Å². The van der Waals surface area contributed by atoms with E-state index in [0.717, 1.165) is 33.5 Å². The molecule has 0 aliphatic rings. The van der Waals surface area contributed by atoms with Crippen molar-refractivity contribution in [3.8, 4) is 11.4 Å². The van der Waals surface area contributed by atoms with Crippen LogP contribution in [0.1, 0.15) is 0 Å². The van der Waals surface area contributed by atoms with Gasteiger partial charge in [0, 0.05) is 19.7 Å². The monoisotopic (exact) mass is 262 g/mol. The highest BCUT2D eigenvalue weighted by Crippen LogP contribution is 2.26. The smallest absolute Gasteiger partial charge is 0.140 e. The number of para-hydroxylation sites is 2. The number of hydrogen-bond donors (Lipinski definition) is 0. The molecule has 98 valence electrons. The maximum absolute atomic E-state index is 4.74. The standard InChI is InChI=1S/C16H14N4/c1-19-10-17-12-8-7-11(9-15(12)19)16-18-13-5-3-4-6-14(13)20(16)2/h3-10H,1-2H3. The molecule has 4 aromatic rings. The Morgan fingerprint density at radius 2 is 1.75 bits per heavy atom. The van der Waals surface area contributed by atoms with E-state index in [2.05, 4.69) is 34.8 Å². The van der Waals surface area contributed by atoms with Crippen LogP contribution in [0, 0.1) is 0 Å². The first-order chi connectivity index (χ1) is 9.74. The third-order valence-electron chi connectivity index (χ3n) is 3.77. The Morgan fingerprint density at radius 3 is 2.60 bits per heavy atom. The lowest BCUT2D eigenvalue weighted by molar-refractivity contribution is 0.945. The maximum atomic E-state index is 4.74. The summed E-state index contributed by atoms with van der Waals surface area (Å²) in [5.74, 6) is 0.981. The highest BCUT2D eigenvalue weighted by molar-refractivity contribution is 5.84. The lowest BCUT2D eigenvalue weighted by Gasteiger charge is -2.03. The van der Waals surface area contributed by atoms with Gasteiger partial charge in [-0.15, -0.1) is 0 Å². The second-order valence-electron chi connectivity index (χ2n) is 5.04. The molecule has 2 aromatic carbocycles. The van der Waals surface area contributed by atoms with Crippen LogP contribution in [-0.4, -0.2) is 19.1 Å². The summed E-state index contributed by atoms with van der Waals surface area (Å²) < 4.78 is 4.16. The van der Waals surface area contributed by atoms with E-state index >= 15 is 0 Å². The molecule has 0 unspecified atom stereocenters. The molecule has 4 rings (SSSR count). The molecule has 0 N–H and O–H groups in total. The SMILES string of the molecule is Cn1cnc2ccc(-c3nc4ccccc4n3C)cc21. The van der Waals surface area contributed by atoms with Crippen LogP contribution in [0.5, 0.6) is 0 Å². The second kappa shape index (κ2) is 3.93. The Bertz CT molecular complexity index is 930. The zero-order valence-electron chi connectivity index (χ0n) is 11.4. The van der Waals surface area contributed by atoms with Crippen LogP contribution >= 0.6 is 0 Å². The quantitative estimate of drug-likeness (QED) is 0.528. The van der Waals surface area contributed by atoms with E-state index < -0.39 is 0 Å². The minimum atomic E-state index is 0.981. The summed E-state index contributed by atoms with van der Waals surface area (Å²) in [5.41, 5.74) is 5.41. The normalized spacial score (nSPS) is 11.5. The van der Waals surface area contributed by atoms with E-state index in [0.29, 0.717) is 0 Å². The molecule has 4 nitrogen and oxygen atoms in total. The van der Waals surface area contributed by atoms with Gasteiger partial charge in [-0.05, 0) is 30.3 Å². The van der Waals surface area contributed by atoms with Crippen molar-refractivity contribution in [3.63, 3.8) is 0 Å². The first kappa shape index (κ1) is 11.2. The molecule has 0 fully saturated rings. The van der Waals surface area contributed by atoms with Gasteiger partial charge in [-0.25, -0.2) is 9.97 Å². The van der Waals surface area contributed by atoms with Crippen molar-refractivity contribution < 1.29 is 0 Å². The Labute approximate surface area is 116 Å². The fraction of sp³-hybridized carbons (Fsp3) is 0.125. The lowest BCUT2D eigenvalue weighted by atomic mass is 10.2. The summed E-state index contributed by atoms with van der Waals surface area (Å²) in [7, 11) is 4.06. The van der Waals surface area contributed by atoms with Gasteiger partial charge in [-0.3, -0.25) is 0 Å². The van der Waals surface area contributed by atoms with Gasteiger partial charge in [0.05, 0.1) is 28.4 Å². The number of hydrogen-bond acceptors (Lipinski definition) is 2. The van der Waals surface area contributed by atoms with E-state index in [-0.39, 0.29) is 0 Å². The van der Waals surface area contributed by atoms with E-state index in [1.165, 1.54) is 0 Å². The largest absolute Gasteiger partial charge is 0.334 e. The molecule has 0 radical (unpaired) electrons. The number of benzene rings is 2. The highest BCUT2D eigenvalue weighted by atomic mass is 15.1. The average Bonchev–Trinajstić information content (AvgIpc) is 3.01. The van der Waals surface area contributed by atoms with Crippen molar-refractivity contribution in [1.29, 1.82) is 0 Å². The molecule has 0 saturated carbocycles. The van der Waals surface area contributed by atoms with Crippen LogP contribution in [0.25, 0.3) is 33.5 Å². The Morgan fingerprint density at radius 1 is 0.900 bits per heavy atom. The number of fused-ring (bicyclic) bond motifs is 2. The molecule has 0 bridgehead atoms. The van der Waals surface area contributed by atoms with Gasteiger partial charge < -0.3 is 9.13 Å². The predicted molar refractivity (Wildman–Crippen MR) is 80.4 cm³/mol. The summed E-state index contributed by atoms with van der Waals surface area (Å²) in [6.45, 7) is 0. The molecule has 4 heteroatoms. The van der Waals surface area contributed by atoms with E-state index in [4.69, 9.17) is 4.98 Å². The van der Waals surface area contributed by atoms with E-state index in [1.54, 1.807) is 0 Å². The molecule has 2 heterocycles. The molecule has 20 heavy (non-hydrogen) atoms. The van der Waals surface area contributed by atoms with Crippen molar-refractivity contribution in [3.05, 3.63) is 48.8 Å². The summed E-state index contributed by atoms with van der Waals surface area (Å²) in [6.07, 6.45) is 1.84. The summed E-state index contributed by atoms with van der Waals surface area (Å²) in [6, 6.07) is 14.5. The number of aryl methyl sites for hydroxylation is 2. The highest BCUT2D eigenvalue weighted by Gasteiger charge is 2.10. The topological polar surface area (TPSA) is 35.6 Å². The number of rotatable bonds is 1. The van der Waals surface area contributed by atoms with Crippen molar-refractivity contribution >= 4 is 22.1 Å². The molecule has 0 atom stereocenters. The predicted octanol–water partition coefficient (Wildman–Crippen LogP) is 3.13. The molecular formula is C16H14N4. The van der Waals surface area contributed by atoms with Crippen LogP contribution in [0.15, 0.2) is 48.8 Å². The van der Waals surface area contributed by atoms with Gasteiger partial charge in [-0.1, -0.05) is 12.1 Å². The third kappa shape index (κ3) is 1.48. The van der Waals surface area contributed by atoms with E-state index in [1.807, 2.05) is 42.2 Å². The van der Waals surface area contributed by atoms with Gasteiger partial charge in [-0.2, -0.15) is 0 Å². The minimum Gasteiger partial charge on any atom is -0.334 e. The molecule has 2 aromatic heterocycles. The average molecular weight is 262 g/mol.